The van der Waals surface area contributed by atoms with Gasteiger partial charge < -0.3 is 14.6 Å². The molecule has 0 radical (unpaired) electrons. The predicted octanol–water partition coefficient (Wildman–Crippen LogP) is 3.99. The first kappa shape index (κ1) is 19.4. The van der Waals surface area contributed by atoms with Gasteiger partial charge in [0.25, 0.3) is 0 Å². The molecule has 1 aliphatic rings. The minimum absolute atomic E-state index is 0. The van der Waals surface area contributed by atoms with Crippen molar-refractivity contribution in [1.82, 2.24) is 14.9 Å². The van der Waals surface area contributed by atoms with Crippen molar-refractivity contribution in [3.63, 3.8) is 0 Å². The summed E-state index contributed by atoms with van der Waals surface area (Å²) >= 11 is 1.80. The largest absolute Gasteiger partial charge is 0.497 e. The van der Waals surface area contributed by atoms with Crippen molar-refractivity contribution in [2.24, 2.45) is 0 Å². The first-order valence-electron chi connectivity index (χ1n) is 7.24. The third-order valence-corrected chi connectivity index (χ3v) is 4.62. The first-order chi connectivity index (χ1) is 9.85. The van der Waals surface area contributed by atoms with E-state index in [2.05, 4.69) is 14.9 Å². The smallest absolute Gasteiger partial charge is 0.166 e. The van der Waals surface area contributed by atoms with E-state index in [9.17, 15) is 0 Å². The molecule has 1 N–H and O–H groups in total. The Hall–Kier alpha value is -0.620. The second-order valence-electron chi connectivity index (χ2n) is 5.18. The summed E-state index contributed by atoms with van der Waals surface area (Å²) in [5, 5.41) is 1.00. The molecule has 1 aromatic heterocycles. The number of aromatic nitrogens is 2. The third kappa shape index (κ3) is 4.95. The van der Waals surface area contributed by atoms with Crippen LogP contribution < -0.4 is 4.74 Å². The molecule has 0 spiro atoms. The Morgan fingerprint density at radius 1 is 1.23 bits per heavy atom. The molecule has 2 heterocycles. The fourth-order valence-corrected chi connectivity index (χ4v) is 3.50. The van der Waals surface area contributed by atoms with E-state index in [-0.39, 0.29) is 24.8 Å². The molecule has 2 aromatic rings. The molecule has 0 amide bonds. The second-order valence-corrected chi connectivity index (χ2v) is 6.26. The van der Waals surface area contributed by atoms with Gasteiger partial charge in [-0.3, -0.25) is 0 Å². The van der Waals surface area contributed by atoms with Gasteiger partial charge >= 0.3 is 0 Å². The van der Waals surface area contributed by atoms with Crippen molar-refractivity contribution in [3.05, 3.63) is 18.2 Å². The SMILES string of the molecule is COc1ccc2nc(SCCN3CCCCC3)[nH]c2c1.Cl.Cl. The molecule has 0 atom stereocenters. The number of halogens is 2. The Bertz CT molecular complexity index is 573. The van der Waals surface area contributed by atoms with Crippen LogP contribution in [0.1, 0.15) is 19.3 Å². The van der Waals surface area contributed by atoms with E-state index < -0.39 is 0 Å². The number of fused-ring (bicyclic) bond motifs is 1. The van der Waals surface area contributed by atoms with Gasteiger partial charge in [-0.05, 0) is 38.1 Å². The Morgan fingerprint density at radius 3 is 2.73 bits per heavy atom. The van der Waals surface area contributed by atoms with Gasteiger partial charge in [0.15, 0.2) is 5.16 Å². The summed E-state index contributed by atoms with van der Waals surface area (Å²) in [5.74, 6) is 1.96. The highest BCUT2D eigenvalue weighted by atomic mass is 35.5. The van der Waals surface area contributed by atoms with Gasteiger partial charge in [-0.15, -0.1) is 24.8 Å². The number of hydrogen-bond donors (Lipinski definition) is 1. The molecule has 4 nitrogen and oxygen atoms in total. The second kappa shape index (κ2) is 9.50. The van der Waals surface area contributed by atoms with Crippen LogP contribution in [0, 0.1) is 0 Å². The van der Waals surface area contributed by atoms with Gasteiger partial charge in [-0.1, -0.05) is 18.2 Å². The number of piperidine rings is 1. The molecule has 7 heteroatoms. The molecule has 1 aliphatic heterocycles. The summed E-state index contributed by atoms with van der Waals surface area (Å²) in [4.78, 5) is 10.5. The zero-order valence-electron chi connectivity index (χ0n) is 12.7. The Balaban J connectivity index is 0.00000121. The molecule has 1 fully saturated rings. The van der Waals surface area contributed by atoms with Crippen LogP contribution in [0.25, 0.3) is 11.0 Å². The van der Waals surface area contributed by atoms with Crippen molar-refractivity contribution in [1.29, 1.82) is 0 Å². The summed E-state index contributed by atoms with van der Waals surface area (Å²) in [7, 11) is 1.69. The van der Waals surface area contributed by atoms with E-state index in [1.165, 1.54) is 32.4 Å². The lowest BCUT2D eigenvalue weighted by Crippen LogP contribution is -2.31. The molecule has 124 valence electrons. The number of H-pyrrole nitrogens is 1. The quantitative estimate of drug-likeness (QED) is 0.815. The van der Waals surface area contributed by atoms with Gasteiger partial charge in [-0.2, -0.15) is 0 Å². The Morgan fingerprint density at radius 2 is 2.00 bits per heavy atom. The van der Waals surface area contributed by atoms with Gasteiger partial charge in [0, 0.05) is 18.4 Å². The van der Waals surface area contributed by atoms with Crippen LogP contribution >= 0.6 is 36.6 Å². The summed E-state index contributed by atoms with van der Waals surface area (Å²) < 4.78 is 5.23. The van der Waals surface area contributed by atoms with Crippen LogP contribution in [0.3, 0.4) is 0 Å². The highest BCUT2D eigenvalue weighted by Crippen LogP contribution is 2.23. The zero-order chi connectivity index (χ0) is 13.8. The number of hydrogen-bond acceptors (Lipinski definition) is 4. The molecule has 0 bridgehead atoms. The maximum Gasteiger partial charge on any atom is 0.166 e. The van der Waals surface area contributed by atoms with E-state index in [4.69, 9.17) is 4.74 Å². The monoisotopic (exact) mass is 363 g/mol. The summed E-state index contributed by atoms with van der Waals surface area (Å²) in [5.41, 5.74) is 2.05. The van der Waals surface area contributed by atoms with Gasteiger partial charge in [0.1, 0.15) is 5.75 Å². The summed E-state index contributed by atoms with van der Waals surface area (Å²) in [6.45, 7) is 3.68. The standard InChI is InChI=1S/C15H21N3OS.2ClH/c1-19-12-5-6-13-14(11-12)17-15(16-13)20-10-9-18-7-3-2-4-8-18;;/h5-6,11H,2-4,7-10H2,1H3,(H,16,17);2*1H. The van der Waals surface area contributed by atoms with Crippen LogP contribution in [-0.4, -0.2) is 47.4 Å². The zero-order valence-corrected chi connectivity index (χ0v) is 15.2. The number of methoxy groups -OCH3 is 1. The topological polar surface area (TPSA) is 41.1 Å². The van der Waals surface area contributed by atoms with E-state index in [0.29, 0.717) is 0 Å². The maximum absolute atomic E-state index is 5.23. The number of nitrogens with one attached hydrogen (secondary N) is 1. The van der Waals surface area contributed by atoms with Crippen LogP contribution in [-0.2, 0) is 0 Å². The fraction of sp³-hybridized carbons (Fsp3) is 0.533. The fourth-order valence-electron chi connectivity index (χ4n) is 2.62. The van der Waals surface area contributed by atoms with Crippen molar-refractivity contribution >= 4 is 47.6 Å². The van der Waals surface area contributed by atoms with Gasteiger partial charge in [0.2, 0.25) is 0 Å². The van der Waals surface area contributed by atoms with E-state index in [0.717, 1.165) is 34.2 Å². The van der Waals surface area contributed by atoms with Crippen LogP contribution in [0.5, 0.6) is 5.75 Å². The maximum atomic E-state index is 5.23. The number of nitrogens with zero attached hydrogens (tertiary/aromatic N) is 2. The minimum atomic E-state index is 0. The highest BCUT2D eigenvalue weighted by Gasteiger charge is 2.10. The Kier molecular flexibility index (Phi) is 8.39. The van der Waals surface area contributed by atoms with E-state index in [1.54, 1.807) is 18.9 Å². The van der Waals surface area contributed by atoms with Crippen molar-refractivity contribution < 1.29 is 4.74 Å². The normalized spacial score (nSPS) is 15.1. The number of likely N-dealkylation sites (tertiary alicyclic amines) is 1. The molecule has 0 saturated carbocycles. The number of ether oxygens (including phenoxy) is 1. The average Bonchev–Trinajstić information content (AvgIpc) is 2.90. The molecule has 0 aliphatic carbocycles. The molecule has 1 aromatic carbocycles. The molecular weight excluding hydrogens is 341 g/mol. The van der Waals surface area contributed by atoms with Crippen molar-refractivity contribution in [2.45, 2.75) is 24.4 Å². The van der Waals surface area contributed by atoms with E-state index >= 15 is 0 Å². The van der Waals surface area contributed by atoms with Crippen LogP contribution in [0.2, 0.25) is 0 Å². The number of imidazole rings is 1. The molecule has 3 rings (SSSR count). The number of aromatic amines is 1. The first-order valence-corrected chi connectivity index (χ1v) is 8.22. The van der Waals surface area contributed by atoms with Gasteiger partial charge in [-0.25, -0.2) is 4.98 Å². The lowest BCUT2D eigenvalue weighted by molar-refractivity contribution is 0.242. The lowest BCUT2D eigenvalue weighted by Gasteiger charge is -2.25. The number of benzene rings is 1. The molecular formula is C15H23Cl2N3OS. The van der Waals surface area contributed by atoms with E-state index in [1.807, 2.05) is 18.2 Å². The van der Waals surface area contributed by atoms with Crippen molar-refractivity contribution in [2.75, 3.05) is 32.5 Å². The van der Waals surface area contributed by atoms with Crippen molar-refractivity contribution in [3.8, 4) is 5.75 Å². The summed E-state index contributed by atoms with van der Waals surface area (Å²) in [6.07, 6.45) is 4.11. The Labute approximate surface area is 148 Å². The van der Waals surface area contributed by atoms with Gasteiger partial charge in [0.05, 0.1) is 18.1 Å². The molecule has 22 heavy (non-hydrogen) atoms. The third-order valence-electron chi connectivity index (χ3n) is 3.76. The highest BCUT2D eigenvalue weighted by molar-refractivity contribution is 7.99. The molecule has 0 unspecified atom stereocenters. The van der Waals surface area contributed by atoms with Crippen LogP contribution in [0.15, 0.2) is 23.4 Å². The van der Waals surface area contributed by atoms with Crippen LogP contribution in [0.4, 0.5) is 0 Å². The number of rotatable bonds is 5. The molecule has 1 saturated heterocycles. The summed E-state index contributed by atoms with van der Waals surface area (Å²) in [6, 6.07) is 5.95. The lowest BCUT2D eigenvalue weighted by atomic mass is 10.1. The predicted molar refractivity (Wildman–Crippen MR) is 98.2 cm³/mol. The minimum Gasteiger partial charge on any atom is -0.497 e. The average molecular weight is 364 g/mol. The number of thioether (sulfide) groups is 1.